The first-order valence-corrected chi connectivity index (χ1v) is 5.21. The predicted molar refractivity (Wildman–Crippen MR) is 55.4 cm³/mol. The Labute approximate surface area is 84.1 Å². The van der Waals surface area contributed by atoms with E-state index in [1.165, 1.54) is 12.8 Å². The molecular formula is C10H17N3O. The normalized spacial score (nSPS) is 21.4. The van der Waals surface area contributed by atoms with Crippen molar-refractivity contribution in [1.29, 1.82) is 0 Å². The highest BCUT2D eigenvalue weighted by molar-refractivity contribution is 5.25. The van der Waals surface area contributed by atoms with Crippen molar-refractivity contribution in [2.45, 2.75) is 32.3 Å². The van der Waals surface area contributed by atoms with Gasteiger partial charge < -0.3 is 15.0 Å². The van der Waals surface area contributed by atoms with Gasteiger partial charge in [0.1, 0.15) is 0 Å². The van der Waals surface area contributed by atoms with Gasteiger partial charge in [0.2, 0.25) is 0 Å². The molecule has 2 heterocycles. The summed E-state index contributed by atoms with van der Waals surface area (Å²) in [6.07, 6.45) is 5.77. The Morgan fingerprint density at radius 3 is 3.29 bits per heavy atom. The Morgan fingerprint density at radius 2 is 2.64 bits per heavy atom. The second-order valence-corrected chi connectivity index (χ2v) is 3.77. The van der Waals surface area contributed by atoms with E-state index in [-0.39, 0.29) is 0 Å². The van der Waals surface area contributed by atoms with E-state index in [9.17, 15) is 0 Å². The summed E-state index contributed by atoms with van der Waals surface area (Å²) >= 11 is 0. The molecule has 2 rings (SSSR count). The SMILES string of the molecule is Cc1cnc(NCCC2CCCO2)[nH]1. The highest BCUT2D eigenvalue weighted by Gasteiger charge is 2.14. The molecule has 78 valence electrons. The standard InChI is InChI=1S/C10H17N3O/c1-8-7-12-10(13-8)11-5-4-9-3-2-6-14-9/h7,9H,2-6H2,1H3,(H2,11,12,13). The van der Waals surface area contributed by atoms with Crippen LogP contribution in [0.5, 0.6) is 0 Å². The number of H-pyrrole nitrogens is 1. The van der Waals surface area contributed by atoms with Gasteiger partial charge in [0.25, 0.3) is 0 Å². The van der Waals surface area contributed by atoms with Crippen LogP contribution in [0.2, 0.25) is 0 Å². The molecule has 4 heteroatoms. The summed E-state index contributed by atoms with van der Waals surface area (Å²) < 4.78 is 5.53. The maximum atomic E-state index is 5.53. The number of nitrogens with zero attached hydrogens (tertiary/aromatic N) is 1. The lowest BCUT2D eigenvalue weighted by atomic mass is 10.2. The van der Waals surface area contributed by atoms with Gasteiger partial charge in [-0.15, -0.1) is 0 Å². The molecule has 1 unspecified atom stereocenters. The van der Waals surface area contributed by atoms with Crippen LogP contribution in [0.1, 0.15) is 25.0 Å². The molecule has 0 aromatic carbocycles. The molecule has 1 fully saturated rings. The van der Waals surface area contributed by atoms with E-state index in [4.69, 9.17) is 4.74 Å². The van der Waals surface area contributed by atoms with Crippen LogP contribution in [0.25, 0.3) is 0 Å². The lowest BCUT2D eigenvalue weighted by molar-refractivity contribution is 0.107. The number of rotatable bonds is 4. The van der Waals surface area contributed by atoms with Crippen molar-refractivity contribution in [3.05, 3.63) is 11.9 Å². The molecule has 1 saturated heterocycles. The zero-order chi connectivity index (χ0) is 9.80. The molecule has 0 spiro atoms. The molecule has 2 N–H and O–H groups in total. The number of ether oxygens (including phenoxy) is 1. The molecule has 0 saturated carbocycles. The third kappa shape index (κ3) is 2.48. The fourth-order valence-corrected chi connectivity index (χ4v) is 1.73. The molecule has 1 aliphatic heterocycles. The van der Waals surface area contributed by atoms with E-state index in [1.807, 2.05) is 13.1 Å². The van der Waals surface area contributed by atoms with E-state index >= 15 is 0 Å². The van der Waals surface area contributed by atoms with Gasteiger partial charge in [-0.3, -0.25) is 0 Å². The number of aromatic amines is 1. The van der Waals surface area contributed by atoms with Gasteiger partial charge >= 0.3 is 0 Å². The number of nitrogens with one attached hydrogen (secondary N) is 2. The van der Waals surface area contributed by atoms with Crippen molar-refractivity contribution in [3.63, 3.8) is 0 Å². The molecule has 1 aromatic heterocycles. The van der Waals surface area contributed by atoms with Crippen molar-refractivity contribution in [2.24, 2.45) is 0 Å². The summed E-state index contributed by atoms with van der Waals surface area (Å²) in [6, 6.07) is 0. The molecule has 0 radical (unpaired) electrons. The lowest BCUT2D eigenvalue weighted by Crippen LogP contribution is -2.12. The maximum Gasteiger partial charge on any atom is 0.200 e. The number of hydrogen-bond acceptors (Lipinski definition) is 3. The van der Waals surface area contributed by atoms with E-state index in [1.54, 1.807) is 0 Å². The summed E-state index contributed by atoms with van der Waals surface area (Å²) in [4.78, 5) is 7.31. The van der Waals surface area contributed by atoms with Crippen LogP contribution in [-0.4, -0.2) is 29.2 Å². The zero-order valence-electron chi connectivity index (χ0n) is 8.55. The van der Waals surface area contributed by atoms with Gasteiger partial charge in [0.15, 0.2) is 5.95 Å². The topological polar surface area (TPSA) is 49.9 Å². The first-order valence-electron chi connectivity index (χ1n) is 5.21. The first kappa shape index (κ1) is 9.52. The molecule has 4 nitrogen and oxygen atoms in total. The van der Waals surface area contributed by atoms with Gasteiger partial charge in [0, 0.05) is 25.0 Å². The summed E-state index contributed by atoms with van der Waals surface area (Å²) in [5.74, 6) is 0.862. The monoisotopic (exact) mass is 195 g/mol. The minimum absolute atomic E-state index is 0.457. The van der Waals surface area contributed by atoms with Crippen molar-refractivity contribution in [3.8, 4) is 0 Å². The van der Waals surface area contributed by atoms with E-state index in [2.05, 4.69) is 15.3 Å². The molecular weight excluding hydrogens is 178 g/mol. The number of aromatic nitrogens is 2. The van der Waals surface area contributed by atoms with Crippen LogP contribution in [0.15, 0.2) is 6.20 Å². The summed E-state index contributed by atoms with van der Waals surface area (Å²) in [6.45, 7) is 3.86. The number of hydrogen-bond donors (Lipinski definition) is 2. The highest BCUT2D eigenvalue weighted by Crippen LogP contribution is 2.15. The third-order valence-electron chi connectivity index (χ3n) is 2.49. The third-order valence-corrected chi connectivity index (χ3v) is 2.49. The molecule has 14 heavy (non-hydrogen) atoms. The smallest absolute Gasteiger partial charge is 0.200 e. The Bertz CT molecular complexity index is 279. The average molecular weight is 195 g/mol. The number of imidazole rings is 1. The van der Waals surface area contributed by atoms with Gasteiger partial charge in [-0.1, -0.05) is 0 Å². The van der Waals surface area contributed by atoms with Crippen molar-refractivity contribution in [1.82, 2.24) is 9.97 Å². The number of anilines is 1. The summed E-state index contributed by atoms with van der Waals surface area (Å²) in [5.41, 5.74) is 1.09. The van der Waals surface area contributed by atoms with Gasteiger partial charge in [0.05, 0.1) is 6.10 Å². The van der Waals surface area contributed by atoms with Crippen molar-refractivity contribution < 1.29 is 4.74 Å². The van der Waals surface area contributed by atoms with Crippen LogP contribution in [-0.2, 0) is 4.74 Å². The quantitative estimate of drug-likeness (QED) is 0.768. The van der Waals surface area contributed by atoms with Crippen molar-refractivity contribution in [2.75, 3.05) is 18.5 Å². The average Bonchev–Trinajstić information content (AvgIpc) is 2.77. The largest absolute Gasteiger partial charge is 0.378 e. The number of aryl methyl sites for hydroxylation is 1. The van der Waals surface area contributed by atoms with Gasteiger partial charge in [-0.05, 0) is 26.2 Å². The predicted octanol–water partition coefficient (Wildman–Crippen LogP) is 1.70. The fraction of sp³-hybridized carbons (Fsp3) is 0.700. The zero-order valence-corrected chi connectivity index (χ0v) is 8.55. The minimum atomic E-state index is 0.457. The van der Waals surface area contributed by atoms with Crippen LogP contribution in [0.3, 0.4) is 0 Å². The molecule has 1 aliphatic rings. The van der Waals surface area contributed by atoms with E-state index in [0.29, 0.717) is 6.10 Å². The molecule has 0 aliphatic carbocycles. The Kier molecular flexibility index (Phi) is 3.03. The highest BCUT2D eigenvalue weighted by atomic mass is 16.5. The maximum absolute atomic E-state index is 5.53. The van der Waals surface area contributed by atoms with Crippen LogP contribution < -0.4 is 5.32 Å². The Hall–Kier alpha value is -1.03. The summed E-state index contributed by atoms with van der Waals surface area (Å²) in [7, 11) is 0. The fourth-order valence-electron chi connectivity index (χ4n) is 1.73. The van der Waals surface area contributed by atoms with Crippen LogP contribution in [0, 0.1) is 6.92 Å². The second kappa shape index (κ2) is 4.46. The van der Waals surface area contributed by atoms with Crippen LogP contribution >= 0.6 is 0 Å². The van der Waals surface area contributed by atoms with E-state index in [0.717, 1.165) is 31.2 Å². The molecule has 1 aromatic rings. The first-order chi connectivity index (χ1) is 6.84. The molecule has 0 bridgehead atoms. The molecule has 0 amide bonds. The van der Waals surface area contributed by atoms with Gasteiger partial charge in [-0.25, -0.2) is 4.98 Å². The van der Waals surface area contributed by atoms with Gasteiger partial charge in [-0.2, -0.15) is 0 Å². The van der Waals surface area contributed by atoms with Crippen LogP contribution in [0.4, 0.5) is 5.95 Å². The Balaban J connectivity index is 1.67. The Morgan fingerprint density at radius 1 is 1.71 bits per heavy atom. The summed E-state index contributed by atoms with van der Waals surface area (Å²) in [5, 5.41) is 3.25. The van der Waals surface area contributed by atoms with Crippen molar-refractivity contribution >= 4 is 5.95 Å². The second-order valence-electron chi connectivity index (χ2n) is 3.77. The molecule has 1 atom stereocenters. The minimum Gasteiger partial charge on any atom is -0.378 e. The lowest BCUT2D eigenvalue weighted by Gasteiger charge is -2.08. The van der Waals surface area contributed by atoms with E-state index < -0.39 is 0 Å².